The number of carbonyl (C=O) groups is 1. The molecule has 3 unspecified atom stereocenters. The first-order chi connectivity index (χ1) is 9.63. The molecular formula is C15H28N2O3. The van der Waals surface area contributed by atoms with Gasteiger partial charge in [0.25, 0.3) is 0 Å². The van der Waals surface area contributed by atoms with Gasteiger partial charge in [-0.15, -0.1) is 0 Å². The highest BCUT2D eigenvalue weighted by Crippen LogP contribution is 2.22. The van der Waals surface area contributed by atoms with Gasteiger partial charge in [0, 0.05) is 26.2 Å². The second-order valence-corrected chi connectivity index (χ2v) is 6.15. The summed E-state index contributed by atoms with van der Waals surface area (Å²) in [5, 5.41) is 3.38. The number of methoxy groups -OCH3 is 2. The first kappa shape index (κ1) is 15.7. The van der Waals surface area contributed by atoms with Crippen molar-refractivity contribution in [2.75, 3.05) is 33.9 Å². The number of nitrogens with zero attached hydrogens (tertiary/aromatic N) is 1. The lowest BCUT2D eigenvalue weighted by atomic mass is 9.95. The molecular weight excluding hydrogens is 256 g/mol. The predicted octanol–water partition coefficient (Wildman–Crippen LogP) is 1.03. The number of esters is 1. The van der Waals surface area contributed by atoms with Crippen LogP contribution in [-0.4, -0.2) is 62.9 Å². The Kier molecular flexibility index (Phi) is 5.81. The Balaban J connectivity index is 1.77. The predicted molar refractivity (Wildman–Crippen MR) is 77.6 cm³/mol. The molecule has 1 aliphatic carbocycles. The molecule has 0 aromatic rings. The standard InChI is InChI=1S/C15H28N2O3/c1-11-6-8-17(10-14(11)19-2)9-7-13(15(18)20-3)16-12-4-5-12/h11-14,16H,4-10H2,1-3H3. The summed E-state index contributed by atoms with van der Waals surface area (Å²) < 4.78 is 10.4. The molecule has 2 aliphatic rings. The van der Waals surface area contributed by atoms with Crippen molar-refractivity contribution in [1.82, 2.24) is 10.2 Å². The van der Waals surface area contributed by atoms with Crippen LogP contribution < -0.4 is 5.32 Å². The molecule has 1 saturated heterocycles. The van der Waals surface area contributed by atoms with Gasteiger partial charge in [0.05, 0.1) is 13.2 Å². The molecule has 1 aliphatic heterocycles. The van der Waals surface area contributed by atoms with Gasteiger partial charge >= 0.3 is 5.97 Å². The smallest absolute Gasteiger partial charge is 0.322 e. The summed E-state index contributed by atoms with van der Waals surface area (Å²) in [4.78, 5) is 14.2. The fourth-order valence-corrected chi connectivity index (χ4v) is 2.87. The van der Waals surface area contributed by atoms with Gasteiger partial charge in [-0.05, 0) is 38.1 Å². The molecule has 5 nitrogen and oxygen atoms in total. The van der Waals surface area contributed by atoms with E-state index in [1.165, 1.54) is 20.0 Å². The van der Waals surface area contributed by atoms with Crippen LogP contribution in [0.1, 0.15) is 32.6 Å². The van der Waals surface area contributed by atoms with Crippen molar-refractivity contribution in [3.63, 3.8) is 0 Å². The van der Waals surface area contributed by atoms with Gasteiger partial charge in [-0.3, -0.25) is 4.79 Å². The Bertz CT molecular complexity index is 320. The van der Waals surface area contributed by atoms with Crippen molar-refractivity contribution >= 4 is 5.97 Å². The Labute approximate surface area is 122 Å². The summed E-state index contributed by atoms with van der Waals surface area (Å²) in [6.07, 6.45) is 4.66. The van der Waals surface area contributed by atoms with Crippen molar-refractivity contribution in [2.45, 2.75) is 50.8 Å². The molecule has 2 rings (SSSR count). The molecule has 116 valence electrons. The maximum Gasteiger partial charge on any atom is 0.322 e. The van der Waals surface area contributed by atoms with E-state index in [1.54, 1.807) is 7.11 Å². The fraction of sp³-hybridized carbons (Fsp3) is 0.933. The number of piperidine rings is 1. The maximum atomic E-state index is 11.8. The van der Waals surface area contributed by atoms with Crippen LogP contribution in [0.25, 0.3) is 0 Å². The van der Waals surface area contributed by atoms with E-state index in [2.05, 4.69) is 17.1 Å². The van der Waals surface area contributed by atoms with Crippen LogP contribution in [0.4, 0.5) is 0 Å². The molecule has 20 heavy (non-hydrogen) atoms. The zero-order valence-corrected chi connectivity index (χ0v) is 12.9. The van der Waals surface area contributed by atoms with Gasteiger partial charge < -0.3 is 19.7 Å². The summed E-state index contributed by atoms with van der Waals surface area (Å²) in [7, 11) is 3.25. The summed E-state index contributed by atoms with van der Waals surface area (Å²) in [6, 6.07) is 0.361. The van der Waals surface area contributed by atoms with Crippen LogP contribution >= 0.6 is 0 Å². The topological polar surface area (TPSA) is 50.8 Å². The Morgan fingerprint density at radius 2 is 2.10 bits per heavy atom. The Morgan fingerprint density at radius 1 is 1.35 bits per heavy atom. The summed E-state index contributed by atoms with van der Waals surface area (Å²) in [5.41, 5.74) is 0. The average molecular weight is 284 g/mol. The van der Waals surface area contributed by atoms with Crippen molar-refractivity contribution in [1.29, 1.82) is 0 Å². The van der Waals surface area contributed by atoms with E-state index in [1.807, 2.05) is 0 Å². The van der Waals surface area contributed by atoms with E-state index in [0.29, 0.717) is 18.1 Å². The third-order valence-electron chi connectivity index (χ3n) is 4.51. The molecule has 0 spiro atoms. The van der Waals surface area contributed by atoms with Gasteiger partial charge in [0.15, 0.2) is 0 Å². The molecule has 0 amide bonds. The molecule has 0 bridgehead atoms. The zero-order chi connectivity index (χ0) is 14.5. The van der Waals surface area contributed by atoms with Crippen molar-refractivity contribution in [3.05, 3.63) is 0 Å². The first-order valence-corrected chi connectivity index (χ1v) is 7.73. The van der Waals surface area contributed by atoms with Crippen LogP contribution in [0.5, 0.6) is 0 Å². The molecule has 1 heterocycles. The lowest BCUT2D eigenvalue weighted by Crippen LogP contribution is -2.47. The number of rotatable bonds is 7. The minimum Gasteiger partial charge on any atom is -0.468 e. The van der Waals surface area contributed by atoms with Crippen molar-refractivity contribution in [2.24, 2.45) is 5.92 Å². The fourth-order valence-electron chi connectivity index (χ4n) is 2.87. The van der Waals surface area contributed by atoms with E-state index in [-0.39, 0.29) is 12.0 Å². The number of ether oxygens (including phenoxy) is 2. The second-order valence-electron chi connectivity index (χ2n) is 6.15. The summed E-state index contributed by atoms with van der Waals surface area (Å²) in [6.45, 7) is 5.23. The third-order valence-corrected chi connectivity index (χ3v) is 4.51. The largest absolute Gasteiger partial charge is 0.468 e. The minimum atomic E-state index is -0.159. The molecule has 0 aromatic carbocycles. The van der Waals surface area contributed by atoms with Gasteiger partial charge in [-0.1, -0.05) is 6.92 Å². The number of likely N-dealkylation sites (tertiary alicyclic amines) is 1. The molecule has 1 saturated carbocycles. The first-order valence-electron chi connectivity index (χ1n) is 7.73. The van der Waals surface area contributed by atoms with E-state index in [0.717, 1.165) is 32.5 Å². The highest BCUT2D eigenvalue weighted by molar-refractivity contribution is 5.75. The normalized spacial score (nSPS) is 29.1. The highest BCUT2D eigenvalue weighted by atomic mass is 16.5. The minimum absolute atomic E-state index is 0.134. The molecule has 2 fully saturated rings. The average Bonchev–Trinajstić information content (AvgIpc) is 3.28. The second kappa shape index (κ2) is 7.38. The van der Waals surface area contributed by atoms with E-state index >= 15 is 0 Å². The van der Waals surface area contributed by atoms with Gasteiger partial charge in [0.1, 0.15) is 6.04 Å². The van der Waals surface area contributed by atoms with E-state index < -0.39 is 0 Å². The van der Waals surface area contributed by atoms with Crippen LogP contribution in [-0.2, 0) is 14.3 Å². The number of hydrogen-bond acceptors (Lipinski definition) is 5. The third kappa shape index (κ3) is 4.43. The maximum absolute atomic E-state index is 11.8. The van der Waals surface area contributed by atoms with Gasteiger partial charge in [-0.2, -0.15) is 0 Å². The number of hydrogen-bond donors (Lipinski definition) is 1. The van der Waals surface area contributed by atoms with E-state index in [4.69, 9.17) is 9.47 Å². The molecule has 5 heteroatoms. The lowest BCUT2D eigenvalue weighted by molar-refractivity contribution is -0.143. The summed E-state index contributed by atoms with van der Waals surface area (Å²) >= 11 is 0. The SMILES string of the molecule is COC(=O)C(CCN1CCC(C)C(OC)C1)NC1CC1. The van der Waals surface area contributed by atoms with Crippen molar-refractivity contribution < 1.29 is 14.3 Å². The Hall–Kier alpha value is -0.650. The molecule has 0 radical (unpaired) electrons. The monoisotopic (exact) mass is 284 g/mol. The van der Waals surface area contributed by atoms with E-state index in [9.17, 15) is 4.79 Å². The van der Waals surface area contributed by atoms with Crippen LogP contribution in [0.15, 0.2) is 0 Å². The molecule has 0 aromatic heterocycles. The number of carbonyl (C=O) groups excluding carboxylic acids is 1. The Morgan fingerprint density at radius 3 is 2.70 bits per heavy atom. The van der Waals surface area contributed by atoms with Crippen LogP contribution in [0.3, 0.4) is 0 Å². The highest BCUT2D eigenvalue weighted by Gasteiger charge is 2.30. The van der Waals surface area contributed by atoms with Gasteiger partial charge in [-0.25, -0.2) is 0 Å². The van der Waals surface area contributed by atoms with Gasteiger partial charge in [0.2, 0.25) is 0 Å². The summed E-state index contributed by atoms with van der Waals surface area (Å²) in [5.74, 6) is 0.489. The zero-order valence-electron chi connectivity index (χ0n) is 12.9. The van der Waals surface area contributed by atoms with Crippen LogP contribution in [0, 0.1) is 5.92 Å². The van der Waals surface area contributed by atoms with Crippen LogP contribution in [0.2, 0.25) is 0 Å². The molecule has 1 N–H and O–H groups in total. The number of nitrogens with one attached hydrogen (secondary N) is 1. The van der Waals surface area contributed by atoms with Crippen molar-refractivity contribution in [3.8, 4) is 0 Å². The molecule has 3 atom stereocenters. The quantitative estimate of drug-likeness (QED) is 0.708. The lowest BCUT2D eigenvalue weighted by Gasteiger charge is -2.36.